The number of aliphatic carboxylic acids is 2. The monoisotopic (exact) mass is 290 g/mol. The largest absolute Gasteiger partial charge is 0.478 e. The van der Waals surface area contributed by atoms with Crippen LogP contribution in [0.3, 0.4) is 0 Å². The number of hydrogen-bond donors (Lipinski definition) is 4. The number of aliphatic hydroxyl groups excluding tert-OH is 2. The summed E-state index contributed by atoms with van der Waals surface area (Å²) in [6, 6.07) is 0. The average molecular weight is 290 g/mol. The maximum Gasteiger partial charge on any atom is 0.327 e. The molecule has 0 bridgehead atoms. The van der Waals surface area contributed by atoms with Gasteiger partial charge >= 0.3 is 11.9 Å². The second-order valence-corrected chi connectivity index (χ2v) is 3.79. The Balaban J connectivity index is -0.000000244. The van der Waals surface area contributed by atoms with Crippen LogP contribution in [0.5, 0.6) is 0 Å². The highest BCUT2D eigenvalue weighted by atomic mass is 16.4. The zero-order chi connectivity index (χ0) is 16.6. The van der Waals surface area contributed by atoms with Gasteiger partial charge in [0.1, 0.15) is 0 Å². The quantitative estimate of drug-likeness (QED) is 0.530. The number of hydrogen-bond acceptors (Lipinski definition) is 4. The van der Waals surface area contributed by atoms with E-state index in [9.17, 15) is 14.7 Å². The van der Waals surface area contributed by atoms with Crippen LogP contribution in [0.1, 0.15) is 33.1 Å². The Hall–Kier alpha value is -1.66. The average Bonchev–Trinajstić information content (AvgIpc) is 2.41. The molecule has 0 aliphatic heterocycles. The maximum atomic E-state index is 9.35. The van der Waals surface area contributed by atoms with Crippen LogP contribution < -0.4 is 0 Å². The molecule has 0 saturated carbocycles. The fourth-order valence-corrected chi connectivity index (χ4v) is 1.05. The molecule has 6 nitrogen and oxygen atoms in total. The highest BCUT2D eigenvalue weighted by Crippen LogP contribution is 2.11. The van der Waals surface area contributed by atoms with Gasteiger partial charge in [0.15, 0.2) is 0 Å². The Morgan fingerprint density at radius 3 is 1.60 bits per heavy atom. The van der Waals surface area contributed by atoms with E-state index in [1.54, 1.807) is 0 Å². The Morgan fingerprint density at radius 2 is 1.45 bits per heavy atom. The normalized spacial score (nSPS) is 11.6. The maximum absolute atomic E-state index is 9.35. The van der Waals surface area contributed by atoms with Crippen LogP contribution in [0.2, 0.25) is 0 Å². The summed E-state index contributed by atoms with van der Waals surface area (Å²) in [5.41, 5.74) is 0. The van der Waals surface area contributed by atoms with Crippen molar-refractivity contribution in [3.05, 3.63) is 25.3 Å². The number of aliphatic hydroxyl groups is 2. The second-order valence-electron chi connectivity index (χ2n) is 3.79. The number of carbonyl (C=O) groups is 2. The predicted octanol–water partition coefficient (Wildman–Crippen LogP) is 1.68. The van der Waals surface area contributed by atoms with E-state index in [2.05, 4.69) is 13.2 Å². The molecule has 0 aromatic carbocycles. The summed E-state index contributed by atoms with van der Waals surface area (Å²) in [7, 11) is 0. The van der Waals surface area contributed by atoms with Crippen molar-refractivity contribution in [3.8, 4) is 0 Å². The summed E-state index contributed by atoms with van der Waals surface area (Å²) >= 11 is 0. The first-order chi connectivity index (χ1) is 9.30. The zero-order valence-corrected chi connectivity index (χ0v) is 12.2. The van der Waals surface area contributed by atoms with Crippen molar-refractivity contribution in [3.63, 3.8) is 0 Å². The van der Waals surface area contributed by atoms with E-state index in [1.807, 2.05) is 13.8 Å². The van der Waals surface area contributed by atoms with Gasteiger partial charge in [0.05, 0.1) is 6.10 Å². The summed E-state index contributed by atoms with van der Waals surface area (Å²) in [5, 5.41) is 33.3. The molecule has 0 aromatic heterocycles. The first kappa shape index (κ1) is 23.4. The number of carboxylic acid groups (broad SMARTS) is 2. The van der Waals surface area contributed by atoms with Crippen LogP contribution >= 0.6 is 0 Å². The Bertz CT molecular complexity index is 253. The standard InChI is InChI=1S/C8H18O2.2C3H4O2/c1-3-5-8(10)7(4-2)6-9;2*1-2-3(4)5/h7-10H,3-6H2,1-2H3;2*2H,1H2,(H,4,5). The molecule has 0 aliphatic carbocycles. The van der Waals surface area contributed by atoms with Crippen molar-refractivity contribution in [2.75, 3.05) is 6.61 Å². The molecule has 2 atom stereocenters. The summed E-state index contributed by atoms with van der Waals surface area (Å²) in [5.74, 6) is -1.88. The molecule has 118 valence electrons. The van der Waals surface area contributed by atoms with Gasteiger partial charge in [-0.3, -0.25) is 0 Å². The van der Waals surface area contributed by atoms with E-state index >= 15 is 0 Å². The van der Waals surface area contributed by atoms with Gasteiger partial charge < -0.3 is 20.4 Å². The number of rotatable bonds is 7. The minimum Gasteiger partial charge on any atom is -0.478 e. The topological polar surface area (TPSA) is 115 Å². The van der Waals surface area contributed by atoms with E-state index < -0.39 is 11.9 Å². The smallest absolute Gasteiger partial charge is 0.327 e. The highest BCUT2D eigenvalue weighted by Gasteiger charge is 2.14. The fraction of sp³-hybridized carbons (Fsp3) is 0.571. The third-order valence-electron chi connectivity index (χ3n) is 2.24. The molecule has 6 heteroatoms. The molecule has 0 amide bonds. The zero-order valence-electron chi connectivity index (χ0n) is 12.2. The highest BCUT2D eigenvalue weighted by molar-refractivity contribution is 5.79. The van der Waals surface area contributed by atoms with E-state index in [0.29, 0.717) is 0 Å². The Labute approximate surface area is 120 Å². The van der Waals surface area contributed by atoms with Gasteiger partial charge in [-0.05, 0) is 12.8 Å². The fourth-order valence-electron chi connectivity index (χ4n) is 1.05. The van der Waals surface area contributed by atoms with Gasteiger partial charge in [-0.15, -0.1) is 0 Å². The molecule has 20 heavy (non-hydrogen) atoms. The van der Waals surface area contributed by atoms with Crippen molar-refractivity contribution in [2.24, 2.45) is 5.92 Å². The summed E-state index contributed by atoms with van der Waals surface area (Å²) < 4.78 is 0. The van der Waals surface area contributed by atoms with Gasteiger partial charge in [-0.25, -0.2) is 9.59 Å². The van der Waals surface area contributed by atoms with Gasteiger partial charge in [-0.1, -0.05) is 33.4 Å². The van der Waals surface area contributed by atoms with Crippen LogP contribution in [0.15, 0.2) is 25.3 Å². The third-order valence-corrected chi connectivity index (χ3v) is 2.24. The van der Waals surface area contributed by atoms with Gasteiger partial charge in [-0.2, -0.15) is 0 Å². The number of carboxylic acids is 2. The lowest BCUT2D eigenvalue weighted by atomic mass is 9.97. The van der Waals surface area contributed by atoms with E-state index in [-0.39, 0.29) is 18.6 Å². The Kier molecular flexibility index (Phi) is 20.3. The van der Waals surface area contributed by atoms with Gasteiger partial charge in [0.2, 0.25) is 0 Å². The lowest BCUT2D eigenvalue weighted by Crippen LogP contribution is -2.22. The third kappa shape index (κ3) is 21.6. The van der Waals surface area contributed by atoms with Crippen LogP contribution in [-0.4, -0.2) is 45.1 Å². The summed E-state index contributed by atoms with van der Waals surface area (Å²) in [4.78, 5) is 18.5. The Morgan fingerprint density at radius 1 is 1.10 bits per heavy atom. The molecule has 4 N–H and O–H groups in total. The first-order valence-corrected chi connectivity index (χ1v) is 6.30. The van der Waals surface area contributed by atoms with E-state index in [1.165, 1.54) is 0 Å². The molecule has 0 radical (unpaired) electrons. The lowest BCUT2D eigenvalue weighted by Gasteiger charge is -2.17. The summed E-state index contributed by atoms with van der Waals surface area (Å²) in [6.07, 6.45) is 4.01. The van der Waals surface area contributed by atoms with Crippen molar-refractivity contribution in [1.29, 1.82) is 0 Å². The minimum absolute atomic E-state index is 0.0833. The van der Waals surface area contributed by atoms with Crippen LogP contribution in [0.4, 0.5) is 0 Å². The molecular weight excluding hydrogens is 264 g/mol. The molecule has 2 unspecified atom stereocenters. The SMILES string of the molecule is C=CC(=O)O.C=CC(=O)O.CCCC(O)C(CC)CO. The molecule has 0 rings (SSSR count). The van der Waals surface area contributed by atoms with Crippen LogP contribution in [0.25, 0.3) is 0 Å². The molecule has 0 fully saturated rings. The molecule has 0 aromatic rings. The first-order valence-electron chi connectivity index (χ1n) is 6.30. The van der Waals surface area contributed by atoms with Crippen molar-refractivity contribution in [1.82, 2.24) is 0 Å². The van der Waals surface area contributed by atoms with Crippen molar-refractivity contribution < 1.29 is 30.0 Å². The van der Waals surface area contributed by atoms with Crippen LogP contribution in [0, 0.1) is 5.92 Å². The molecule has 0 saturated heterocycles. The van der Waals surface area contributed by atoms with Crippen LogP contribution in [-0.2, 0) is 9.59 Å². The minimum atomic E-state index is -0.981. The van der Waals surface area contributed by atoms with Crippen molar-refractivity contribution >= 4 is 11.9 Å². The molecule has 0 spiro atoms. The molecule has 0 heterocycles. The van der Waals surface area contributed by atoms with Gasteiger partial charge in [0, 0.05) is 24.7 Å². The predicted molar refractivity (Wildman–Crippen MR) is 77.4 cm³/mol. The van der Waals surface area contributed by atoms with Crippen molar-refractivity contribution in [2.45, 2.75) is 39.2 Å². The second kappa shape index (κ2) is 17.3. The summed E-state index contributed by atoms with van der Waals surface area (Å²) in [6.45, 7) is 10.1. The van der Waals surface area contributed by atoms with E-state index in [4.69, 9.17) is 15.3 Å². The molecular formula is C14H26O6. The van der Waals surface area contributed by atoms with E-state index in [0.717, 1.165) is 31.4 Å². The molecule has 0 aliphatic rings. The lowest BCUT2D eigenvalue weighted by molar-refractivity contribution is -0.132. The van der Waals surface area contributed by atoms with Gasteiger partial charge in [0.25, 0.3) is 0 Å².